The van der Waals surface area contributed by atoms with Gasteiger partial charge in [0.2, 0.25) is 5.88 Å². The molecule has 4 heterocycles. The summed E-state index contributed by atoms with van der Waals surface area (Å²) in [6, 6.07) is 7.27. The maximum absolute atomic E-state index is 13.1. The van der Waals surface area contributed by atoms with E-state index in [1.165, 1.54) is 11.3 Å². The van der Waals surface area contributed by atoms with E-state index in [9.17, 15) is 9.59 Å². The zero-order valence-corrected chi connectivity index (χ0v) is 22.9. The summed E-state index contributed by atoms with van der Waals surface area (Å²) in [5, 5.41) is 6.25. The van der Waals surface area contributed by atoms with Crippen LogP contribution in [0, 0.1) is 5.41 Å². The van der Waals surface area contributed by atoms with Crippen LogP contribution in [0.15, 0.2) is 30.5 Å². The summed E-state index contributed by atoms with van der Waals surface area (Å²) >= 11 is 1.37. The maximum Gasteiger partial charge on any atom is 0.412 e. The summed E-state index contributed by atoms with van der Waals surface area (Å²) in [5.74, 6) is 0.380. The number of benzene rings is 1. The Morgan fingerprint density at radius 2 is 1.95 bits per heavy atom. The molecule has 0 unspecified atom stereocenters. The van der Waals surface area contributed by atoms with E-state index in [2.05, 4.69) is 20.6 Å². The Kier molecular flexibility index (Phi) is 7.15. The fourth-order valence-corrected chi connectivity index (χ4v) is 5.96. The Morgan fingerprint density at radius 3 is 2.68 bits per heavy atom. The molecule has 2 fully saturated rings. The van der Waals surface area contributed by atoms with Gasteiger partial charge in [0.1, 0.15) is 11.1 Å². The van der Waals surface area contributed by atoms with Crippen molar-refractivity contribution >= 4 is 44.5 Å². The average Bonchev–Trinajstić information content (AvgIpc) is 3.47. The fraction of sp³-hybridized carbons (Fsp3) is 0.481. The number of methoxy groups -OCH3 is 1. The summed E-state index contributed by atoms with van der Waals surface area (Å²) in [7, 11) is 1.54. The third-order valence-corrected chi connectivity index (χ3v) is 7.89. The van der Waals surface area contributed by atoms with Crippen LogP contribution >= 0.6 is 11.3 Å². The van der Waals surface area contributed by atoms with E-state index in [-0.39, 0.29) is 11.4 Å². The number of pyridine rings is 1. The molecular weight excluding hydrogens is 506 g/mol. The summed E-state index contributed by atoms with van der Waals surface area (Å²) in [4.78, 5) is 36.4. The number of nitrogens with zero attached hydrogens (tertiary/aromatic N) is 3. The zero-order valence-electron chi connectivity index (χ0n) is 22.1. The molecule has 0 radical (unpaired) electrons. The Labute approximate surface area is 225 Å². The lowest BCUT2D eigenvalue weighted by Crippen LogP contribution is -2.37. The van der Waals surface area contributed by atoms with Crippen LogP contribution in [0.2, 0.25) is 0 Å². The minimum Gasteiger partial charge on any atom is -0.479 e. The molecule has 2 saturated heterocycles. The summed E-state index contributed by atoms with van der Waals surface area (Å²) in [6.45, 7) is 8.43. The molecule has 5 rings (SSSR count). The zero-order chi connectivity index (χ0) is 26.9. The Balaban J connectivity index is 1.38. The van der Waals surface area contributed by atoms with E-state index in [0.717, 1.165) is 61.4 Å². The van der Waals surface area contributed by atoms with E-state index < -0.39 is 11.7 Å². The summed E-state index contributed by atoms with van der Waals surface area (Å²) in [5.41, 5.74) is 2.38. The SMILES string of the molecule is COc1ncc(-c2cccc(NC(=O)OC(C)(C)C)c2)c2sc(NC(=O)N3CCC4(CCOCC4)C3)nc12. The summed E-state index contributed by atoms with van der Waals surface area (Å²) < 4.78 is 17.2. The van der Waals surface area contributed by atoms with Gasteiger partial charge in [-0.15, -0.1) is 0 Å². The largest absolute Gasteiger partial charge is 0.479 e. The van der Waals surface area contributed by atoms with E-state index in [4.69, 9.17) is 14.2 Å². The quantitative estimate of drug-likeness (QED) is 0.434. The number of hydrogen-bond acceptors (Lipinski definition) is 8. The smallest absolute Gasteiger partial charge is 0.412 e. The lowest BCUT2D eigenvalue weighted by molar-refractivity contribution is 0.0211. The second-order valence-corrected chi connectivity index (χ2v) is 11.8. The number of amides is 3. The number of nitrogens with one attached hydrogen (secondary N) is 2. The van der Waals surface area contributed by atoms with Crippen molar-refractivity contribution in [2.24, 2.45) is 5.41 Å². The van der Waals surface area contributed by atoms with Crippen molar-refractivity contribution < 1.29 is 23.8 Å². The fourth-order valence-electron chi connectivity index (χ4n) is 4.98. The number of ether oxygens (including phenoxy) is 3. The number of carbonyl (C=O) groups excluding carboxylic acids is 2. The standard InChI is InChI=1S/C27H33N5O5S/c1-26(2,3)37-25(34)29-18-7-5-6-17(14-18)19-15-28-22(35-4)20-21(19)38-23(30-20)31-24(33)32-11-8-27(16-32)9-12-36-13-10-27/h5-7,14-15H,8-13,16H2,1-4H3,(H,29,34)(H,30,31,33). The van der Waals surface area contributed by atoms with Gasteiger partial charge in [-0.2, -0.15) is 0 Å². The van der Waals surface area contributed by atoms with Gasteiger partial charge in [0, 0.05) is 43.8 Å². The molecule has 1 spiro atoms. The first-order valence-corrected chi connectivity index (χ1v) is 13.5. The molecule has 0 bridgehead atoms. The number of urea groups is 1. The topological polar surface area (TPSA) is 115 Å². The number of thiazole rings is 1. The molecule has 38 heavy (non-hydrogen) atoms. The van der Waals surface area contributed by atoms with Gasteiger partial charge in [-0.25, -0.2) is 19.6 Å². The minimum atomic E-state index is -0.599. The normalized spacial score (nSPS) is 17.0. The van der Waals surface area contributed by atoms with Crippen molar-refractivity contribution in [1.29, 1.82) is 0 Å². The summed E-state index contributed by atoms with van der Waals surface area (Å²) in [6.07, 6.45) is 4.17. The van der Waals surface area contributed by atoms with Crippen LogP contribution < -0.4 is 15.4 Å². The van der Waals surface area contributed by atoms with Crippen LogP contribution in [-0.2, 0) is 9.47 Å². The van der Waals surface area contributed by atoms with E-state index in [0.29, 0.717) is 22.2 Å². The molecular formula is C27H33N5O5S. The predicted octanol–water partition coefficient (Wildman–Crippen LogP) is 5.75. The highest BCUT2D eigenvalue weighted by molar-refractivity contribution is 7.23. The van der Waals surface area contributed by atoms with Gasteiger partial charge < -0.3 is 19.1 Å². The monoisotopic (exact) mass is 539 g/mol. The number of fused-ring (bicyclic) bond motifs is 1. The van der Waals surface area contributed by atoms with E-state index in [1.54, 1.807) is 19.4 Å². The third kappa shape index (κ3) is 5.68. The van der Waals surface area contributed by atoms with Crippen molar-refractivity contribution in [2.45, 2.75) is 45.6 Å². The first-order chi connectivity index (χ1) is 18.1. The van der Waals surface area contributed by atoms with Gasteiger partial charge in [0.15, 0.2) is 5.13 Å². The van der Waals surface area contributed by atoms with Crippen LogP contribution in [0.4, 0.5) is 20.4 Å². The lowest BCUT2D eigenvalue weighted by Gasteiger charge is -2.33. The number of anilines is 2. The minimum absolute atomic E-state index is 0.149. The highest BCUT2D eigenvalue weighted by Crippen LogP contribution is 2.41. The molecule has 3 aromatic rings. The van der Waals surface area contributed by atoms with Gasteiger partial charge in [-0.05, 0) is 63.1 Å². The van der Waals surface area contributed by atoms with Crippen LogP contribution in [0.25, 0.3) is 21.3 Å². The molecule has 202 valence electrons. The molecule has 2 N–H and O–H groups in total. The van der Waals surface area contributed by atoms with Crippen molar-refractivity contribution in [2.75, 3.05) is 44.0 Å². The van der Waals surface area contributed by atoms with Crippen LogP contribution in [0.5, 0.6) is 5.88 Å². The van der Waals surface area contributed by atoms with Gasteiger partial charge in [-0.3, -0.25) is 10.6 Å². The lowest BCUT2D eigenvalue weighted by atomic mass is 9.80. The number of rotatable bonds is 4. The van der Waals surface area contributed by atoms with Crippen LogP contribution in [0.3, 0.4) is 0 Å². The van der Waals surface area contributed by atoms with Crippen molar-refractivity contribution in [3.8, 4) is 17.0 Å². The van der Waals surface area contributed by atoms with Gasteiger partial charge in [0.25, 0.3) is 0 Å². The molecule has 1 aromatic carbocycles. The number of likely N-dealkylation sites (tertiary alicyclic amines) is 1. The van der Waals surface area contributed by atoms with Gasteiger partial charge in [0.05, 0.1) is 11.8 Å². The molecule has 10 nitrogen and oxygen atoms in total. The Bertz CT molecular complexity index is 1350. The number of aromatic nitrogens is 2. The van der Waals surface area contributed by atoms with Gasteiger partial charge >= 0.3 is 12.1 Å². The Morgan fingerprint density at radius 1 is 1.16 bits per heavy atom. The van der Waals surface area contributed by atoms with Crippen molar-refractivity contribution in [1.82, 2.24) is 14.9 Å². The highest BCUT2D eigenvalue weighted by atomic mass is 32.1. The predicted molar refractivity (Wildman–Crippen MR) is 147 cm³/mol. The second-order valence-electron chi connectivity index (χ2n) is 10.8. The first kappa shape index (κ1) is 26.2. The second kappa shape index (κ2) is 10.4. The molecule has 2 aliphatic heterocycles. The van der Waals surface area contributed by atoms with Crippen molar-refractivity contribution in [3.63, 3.8) is 0 Å². The first-order valence-electron chi connectivity index (χ1n) is 12.7. The highest BCUT2D eigenvalue weighted by Gasteiger charge is 2.41. The maximum atomic E-state index is 13.1. The number of hydrogen-bond donors (Lipinski definition) is 2. The van der Waals surface area contributed by atoms with Gasteiger partial charge in [-0.1, -0.05) is 23.5 Å². The molecule has 2 aliphatic rings. The van der Waals surface area contributed by atoms with E-state index in [1.807, 2.05) is 43.9 Å². The Hall–Kier alpha value is -3.44. The molecule has 0 saturated carbocycles. The molecule has 3 amide bonds. The molecule has 0 atom stereocenters. The van der Waals surface area contributed by atoms with E-state index >= 15 is 0 Å². The number of carbonyl (C=O) groups is 2. The van der Waals surface area contributed by atoms with Crippen LogP contribution in [-0.4, -0.2) is 66.0 Å². The third-order valence-electron chi connectivity index (χ3n) is 6.89. The van der Waals surface area contributed by atoms with Crippen molar-refractivity contribution in [3.05, 3.63) is 30.5 Å². The van der Waals surface area contributed by atoms with Crippen LogP contribution in [0.1, 0.15) is 40.0 Å². The molecule has 0 aliphatic carbocycles. The molecule has 2 aromatic heterocycles. The average molecular weight is 540 g/mol. The molecule has 11 heteroatoms.